The number of nitrogens with zero attached hydrogens (tertiary/aromatic N) is 3. The van der Waals surface area contributed by atoms with Gasteiger partial charge >= 0.3 is 12.2 Å². The van der Waals surface area contributed by atoms with E-state index in [4.69, 9.17) is 0 Å². The van der Waals surface area contributed by atoms with Gasteiger partial charge in [0.25, 0.3) is 0 Å². The fourth-order valence-corrected chi connectivity index (χ4v) is 5.30. The molecule has 0 fully saturated rings. The van der Waals surface area contributed by atoms with Gasteiger partial charge in [-0.3, -0.25) is 4.57 Å². The number of nitrogens with one attached hydrogen (secondary N) is 2. The van der Waals surface area contributed by atoms with E-state index < -0.39 is 23.8 Å². The summed E-state index contributed by atoms with van der Waals surface area (Å²) in [4.78, 5) is 13.2. The van der Waals surface area contributed by atoms with Crippen LogP contribution in [0.15, 0.2) is 114 Å². The fourth-order valence-electron chi connectivity index (χ4n) is 4.38. The van der Waals surface area contributed by atoms with Crippen LogP contribution < -0.4 is 10.6 Å². The molecule has 0 bridgehead atoms. The highest BCUT2D eigenvalue weighted by atomic mass is 32.2. The number of benzene rings is 4. The summed E-state index contributed by atoms with van der Waals surface area (Å²) >= 11 is 1.54. The SMILES string of the molecule is Cc1ccc(-n2c(SCc3ccccc3)nnc2C(Cc2ccccc2)NC(=O)Nc2ccc(C(F)(F)F)cc2)cc1. The first-order valence-electron chi connectivity index (χ1n) is 13.2. The lowest BCUT2D eigenvalue weighted by Gasteiger charge is -2.21. The molecule has 5 aromatic rings. The normalized spacial score (nSPS) is 12.1. The maximum atomic E-state index is 13.2. The molecular weight excluding hydrogens is 559 g/mol. The van der Waals surface area contributed by atoms with Crippen LogP contribution in [0, 0.1) is 6.92 Å². The highest BCUT2D eigenvalue weighted by molar-refractivity contribution is 7.98. The number of alkyl halides is 3. The van der Waals surface area contributed by atoms with E-state index >= 15 is 0 Å². The number of hydrogen-bond acceptors (Lipinski definition) is 4. The Morgan fingerprint density at radius 2 is 1.45 bits per heavy atom. The van der Waals surface area contributed by atoms with Crippen molar-refractivity contribution in [3.05, 3.63) is 137 Å². The van der Waals surface area contributed by atoms with E-state index in [1.165, 1.54) is 23.9 Å². The van der Waals surface area contributed by atoms with Gasteiger partial charge in [-0.05, 0) is 54.4 Å². The number of thioether (sulfide) groups is 1. The number of rotatable bonds is 9. The van der Waals surface area contributed by atoms with Gasteiger partial charge in [0.05, 0.1) is 11.6 Å². The molecule has 0 aliphatic heterocycles. The minimum atomic E-state index is -4.46. The van der Waals surface area contributed by atoms with Crippen molar-refractivity contribution in [2.45, 2.75) is 36.5 Å². The summed E-state index contributed by atoms with van der Waals surface area (Å²) < 4.78 is 40.9. The standard InChI is InChI=1S/C32H28F3N5OS/c1-22-12-18-27(19-13-22)40-29(38-39-31(40)42-21-24-10-6-3-7-11-24)28(20-23-8-4-2-5-9-23)37-30(41)36-26-16-14-25(15-17-26)32(33,34)35/h2-19,28H,20-21H2,1H3,(H2,36,37,41). The van der Waals surface area contributed by atoms with Crippen molar-refractivity contribution in [3.63, 3.8) is 0 Å². The molecule has 5 rings (SSSR count). The predicted molar refractivity (Wildman–Crippen MR) is 159 cm³/mol. The molecule has 214 valence electrons. The van der Waals surface area contributed by atoms with E-state index in [9.17, 15) is 18.0 Å². The molecule has 1 atom stereocenters. The number of anilines is 1. The Morgan fingerprint density at radius 3 is 2.07 bits per heavy atom. The van der Waals surface area contributed by atoms with Crippen molar-refractivity contribution in [2.24, 2.45) is 0 Å². The monoisotopic (exact) mass is 587 g/mol. The number of halogens is 3. The molecular formula is C32H28F3N5OS. The maximum Gasteiger partial charge on any atom is 0.416 e. The van der Waals surface area contributed by atoms with Gasteiger partial charge in [-0.2, -0.15) is 13.2 Å². The van der Waals surface area contributed by atoms with E-state index in [1.807, 2.05) is 96.4 Å². The third-order valence-corrected chi connectivity index (χ3v) is 7.53. The Morgan fingerprint density at radius 1 is 0.833 bits per heavy atom. The molecule has 0 spiro atoms. The smallest absolute Gasteiger partial charge is 0.327 e. The summed E-state index contributed by atoms with van der Waals surface area (Å²) in [6.45, 7) is 2.01. The van der Waals surface area contributed by atoms with Gasteiger partial charge in [0.1, 0.15) is 0 Å². The summed E-state index contributed by atoms with van der Waals surface area (Å²) in [6, 6.07) is 30.8. The van der Waals surface area contributed by atoms with Crippen molar-refractivity contribution in [1.29, 1.82) is 0 Å². The Labute approximate surface area is 246 Å². The molecule has 1 unspecified atom stereocenters. The number of aromatic nitrogens is 3. The van der Waals surface area contributed by atoms with Gasteiger partial charge in [0, 0.05) is 23.5 Å². The Balaban J connectivity index is 1.46. The molecule has 1 heterocycles. The second-order valence-electron chi connectivity index (χ2n) is 9.70. The van der Waals surface area contributed by atoms with Crippen LogP contribution in [0.25, 0.3) is 5.69 Å². The molecule has 2 N–H and O–H groups in total. The first-order valence-corrected chi connectivity index (χ1v) is 14.2. The van der Waals surface area contributed by atoms with Crippen LogP contribution in [0.1, 0.15) is 34.1 Å². The zero-order valence-corrected chi connectivity index (χ0v) is 23.5. The third-order valence-electron chi connectivity index (χ3n) is 6.53. The van der Waals surface area contributed by atoms with Crippen LogP contribution in [-0.4, -0.2) is 20.8 Å². The summed E-state index contributed by atoms with van der Waals surface area (Å²) in [7, 11) is 0. The van der Waals surface area contributed by atoms with Gasteiger partial charge in [-0.15, -0.1) is 10.2 Å². The van der Waals surface area contributed by atoms with Crippen molar-refractivity contribution in [1.82, 2.24) is 20.1 Å². The van der Waals surface area contributed by atoms with Crippen LogP contribution in [-0.2, 0) is 18.3 Å². The largest absolute Gasteiger partial charge is 0.416 e. The van der Waals surface area contributed by atoms with Crippen molar-refractivity contribution < 1.29 is 18.0 Å². The fraction of sp³-hybridized carbons (Fsp3) is 0.156. The molecule has 0 saturated carbocycles. The molecule has 1 aromatic heterocycles. The minimum Gasteiger partial charge on any atom is -0.327 e. The highest BCUT2D eigenvalue weighted by Crippen LogP contribution is 2.31. The van der Waals surface area contributed by atoms with Crippen molar-refractivity contribution >= 4 is 23.5 Å². The Kier molecular flexibility index (Phi) is 8.92. The number of urea groups is 1. The highest BCUT2D eigenvalue weighted by Gasteiger charge is 2.30. The van der Waals surface area contributed by atoms with Gasteiger partial charge in [0.2, 0.25) is 0 Å². The quantitative estimate of drug-likeness (QED) is 0.172. The summed E-state index contributed by atoms with van der Waals surface area (Å²) in [5, 5.41) is 15.4. The molecule has 10 heteroatoms. The van der Waals surface area contributed by atoms with Gasteiger partial charge < -0.3 is 10.6 Å². The number of carbonyl (C=O) groups excluding carboxylic acids is 1. The zero-order valence-electron chi connectivity index (χ0n) is 22.7. The topological polar surface area (TPSA) is 71.8 Å². The van der Waals surface area contributed by atoms with Gasteiger partial charge in [-0.25, -0.2) is 4.79 Å². The second kappa shape index (κ2) is 12.9. The Hall–Kier alpha value is -4.57. The minimum absolute atomic E-state index is 0.234. The summed E-state index contributed by atoms with van der Waals surface area (Å²) in [5.74, 6) is 1.21. The van der Waals surface area contributed by atoms with E-state index in [0.29, 0.717) is 23.2 Å². The molecule has 2 amide bonds. The molecule has 6 nitrogen and oxygen atoms in total. The second-order valence-corrected chi connectivity index (χ2v) is 10.6. The van der Waals surface area contributed by atoms with Gasteiger partial charge in [-0.1, -0.05) is 90.1 Å². The number of carbonyl (C=O) groups is 1. The van der Waals surface area contributed by atoms with Crippen molar-refractivity contribution in [3.8, 4) is 5.69 Å². The number of amides is 2. The molecule has 42 heavy (non-hydrogen) atoms. The lowest BCUT2D eigenvalue weighted by molar-refractivity contribution is -0.137. The van der Waals surface area contributed by atoms with E-state index in [1.54, 1.807) is 0 Å². The van der Waals surface area contributed by atoms with E-state index in [-0.39, 0.29) is 5.69 Å². The summed E-state index contributed by atoms with van der Waals surface area (Å²) in [5.41, 5.74) is 3.49. The first-order chi connectivity index (χ1) is 20.3. The molecule has 4 aromatic carbocycles. The molecule has 0 saturated heterocycles. The lowest BCUT2D eigenvalue weighted by atomic mass is 10.1. The third kappa shape index (κ3) is 7.38. The average Bonchev–Trinajstić information content (AvgIpc) is 3.41. The predicted octanol–water partition coefficient (Wildman–Crippen LogP) is 7.99. The van der Waals surface area contributed by atoms with E-state index in [0.717, 1.165) is 34.5 Å². The number of aryl methyl sites for hydroxylation is 1. The van der Waals surface area contributed by atoms with Gasteiger partial charge in [0.15, 0.2) is 11.0 Å². The molecule has 0 aliphatic carbocycles. The molecule has 0 aliphatic rings. The number of hydrogen-bond donors (Lipinski definition) is 2. The van der Waals surface area contributed by atoms with E-state index in [2.05, 4.69) is 20.8 Å². The maximum absolute atomic E-state index is 13.2. The van der Waals surface area contributed by atoms with Crippen LogP contribution in [0.4, 0.5) is 23.7 Å². The molecule has 0 radical (unpaired) electrons. The van der Waals surface area contributed by atoms with Crippen LogP contribution in [0.3, 0.4) is 0 Å². The van der Waals surface area contributed by atoms with Crippen LogP contribution in [0.2, 0.25) is 0 Å². The summed E-state index contributed by atoms with van der Waals surface area (Å²) in [6.07, 6.45) is -4.05. The first kappa shape index (κ1) is 28.9. The average molecular weight is 588 g/mol. The zero-order chi connectivity index (χ0) is 29.5. The van der Waals surface area contributed by atoms with Crippen molar-refractivity contribution in [2.75, 3.05) is 5.32 Å². The van der Waals surface area contributed by atoms with Crippen LogP contribution >= 0.6 is 11.8 Å². The lowest BCUT2D eigenvalue weighted by Crippen LogP contribution is -2.35. The van der Waals surface area contributed by atoms with Crippen LogP contribution in [0.5, 0.6) is 0 Å². The Bertz CT molecular complexity index is 1610.